The van der Waals surface area contributed by atoms with Crippen molar-refractivity contribution in [1.82, 2.24) is 10.2 Å². The molecule has 1 N–H and O–H groups in total. The standard InChI is InChI=1S/C19H26Cl2N2O/c1-3-12(4-2)9-23-10-17-16(18(17)11-23)8-22-19(24)13-5-14(20)7-15(21)6-13/h5-7,12,16-18H,3-4,8-11H2,1-2H3,(H,22,24)/t16?,17-,18+. The first-order chi connectivity index (χ1) is 11.5. The van der Waals surface area contributed by atoms with Crippen LogP contribution in [0.1, 0.15) is 37.0 Å². The van der Waals surface area contributed by atoms with Crippen molar-refractivity contribution in [3.63, 3.8) is 0 Å². The van der Waals surface area contributed by atoms with E-state index in [-0.39, 0.29) is 5.91 Å². The first-order valence-corrected chi connectivity index (χ1v) is 9.74. The number of hydrogen-bond acceptors (Lipinski definition) is 2. The van der Waals surface area contributed by atoms with Gasteiger partial charge in [-0.05, 0) is 41.9 Å². The Balaban J connectivity index is 1.43. The van der Waals surface area contributed by atoms with Gasteiger partial charge in [-0.15, -0.1) is 0 Å². The van der Waals surface area contributed by atoms with Crippen LogP contribution >= 0.6 is 23.2 Å². The minimum absolute atomic E-state index is 0.0849. The molecule has 3 rings (SSSR count). The molecule has 2 fully saturated rings. The molecule has 3 atom stereocenters. The zero-order valence-electron chi connectivity index (χ0n) is 14.4. The quantitative estimate of drug-likeness (QED) is 0.776. The fourth-order valence-electron chi connectivity index (χ4n) is 4.10. The molecule has 3 nitrogen and oxygen atoms in total. The van der Waals surface area contributed by atoms with Gasteiger partial charge < -0.3 is 10.2 Å². The van der Waals surface area contributed by atoms with Gasteiger partial charge in [0.25, 0.3) is 5.91 Å². The van der Waals surface area contributed by atoms with Crippen molar-refractivity contribution in [2.75, 3.05) is 26.2 Å². The Morgan fingerprint density at radius 1 is 1.17 bits per heavy atom. The van der Waals surface area contributed by atoms with Crippen LogP contribution in [0.3, 0.4) is 0 Å². The molecule has 1 amide bonds. The average Bonchev–Trinajstić information content (AvgIpc) is 3.00. The molecule has 1 aliphatic carbocycles. The predicted octanol–water partition coefficient (Wildman–Crippen LogP) is 4.34. The maximum Gasteiger partial charge on any atom is 0.251 e. The molecule has 1 saturated carbocycles. The van der Waals surface area contributed by atoms with E-state index in [0.717, 1.165) is 24.3 Å². The average molecular weight is 369 g/mol. The van der Waals surface area contributed by atoms with E-state index < -0.39 is 0 Å². The number of nitrogens with one attached hydrogen (secondary N) is 1. The molecular formula is C19H26Cl2N2O. The number of nitrogens with zero attached hydrogens (tertiary/aromatic N) is 1. The van der Waals surface area contributed by atoms with Gasteiger partial charge in [-0.3, -0.25) is 4.79 Å². The van der Waals surface area contributed by atoms with Gasteiger partial charge in [-0.2, -0.15) is 0 Å². The van der Waals surface area contributed by atoms with Gasteiger partial charge >= 0.3 is 0 Å². The number of carbonyl (C=O) groups is 1. The van der Waals surface area contributed by atoms with E-state index in [1.807, 2.05) is 0 Å². The zero-order valence-corrected chi connectivity index (χ0v) is 15.9. The van der Waals surface area contributed by atoms with Crippen molar-refractivity contribution in [1.29, 1.82) is 0 Å². The summed E-state index contributed by atoms with van der Waals surface area (Å²) in [7, 11) is 0. The third-order valence-electron chi connectivity index (χ3n) is 5.74. The van der Waals surface area contributed by atoms with Crippen LogP contribution in [0.25, 0.3) is 0 Å². The minimum atomic E-state index is -0.0849. The molecule has 1 saturated heterocycles. The van der Waals surface area contributed by atoms with Gasteiger partial charge in [0.1, 0.15) is 0 Å². The Morgan fingerprint density at radius 2 is 1.75 bits per heavy atom. The Kier molecular flexibility index (Phi) is 5.74. The molecule has 1 aromatic carbocycles. The molecule has 24 heavy (non-hydrogen) atoms. The number of likely N-dealkylation sites (tertiary alicyclic amines) is 1. The van der Waals surface area contributed by atoms with E-state index in [0.29, 0.717) is 21.5 Å². The summed E-state index contributed by atoms with van der Waals surface area (Å²) in [6.07, 6.45) is 2.54. The van der Waals surface area contributed by atoms with Gasteiger partial charge in [0.15, 0.2) is 0 Å². The van der Waals surface area contributed by atoms with Gasteiger partial charge in [-0.25, -0.2) is 0 Å². The Labute approximate surface area is 154 Å². The highest BCUT2D eigenvalue weighted by molar-refractivity contribution is 6.35. The number of hydrogen-bond donors (Lipinski definition) is 1. The van der Waals surface area contributed by atoms with Gasteiger partial charge in [0.05, 0.1) is 0 Å². The fraction of sp³-hybridized carbons (Fsp3) is 0.632. The maximum atomic E-state index is 12.2. The number of halogens is 2. The van der Waals surface area contributed by atoms with Crippen LogP contribution in [0.2, 0.25) is 10.0 Å². The summed E-state index contributed by atoms with van der Waals surface area (Å²) in [5.74, 6) is 2.92. The van der Waals surface area contributed by atoms with Crippen LogP contribution in [-0.4, -0.2) is 37.0 Å². The monoisotopic (exact) mass is 368 g/mol. The first-order valence-electron chi connectivity index (χ1n) is 8.98. The number of piperidine rings is 1. The largest absolute Gasteiger partial charge is 0.352 e. The zero-order chi connectivity index (χ0) is 17.3. The number of carbonyl (C=O) groups excluding carboxylic acids is 1. The molecule has 2 aliphatic rings. The van der Waals surface area contributed by atoms with E-state index in [9.17, 15) is 4.79 Å². The van der Waals surface area contributed by atoms with Crippen LogP contribution in [0.15, 0.2) is 18.2 Å². The highest BCUT2D eigenvalue weighted by Crippen LogP contribution is 2.51. The van der Waals surface area contributed by atoms with Crippen LogP contribution < -0.4 is 5.32 Å². The third kappa shape index (κ3) is 4.07. The Bertz CT molecular complexity index is 571. The molecule has 0 bridgehead atoms. The lowest BCUT2D eigenvalue weighted by Gasteiger charge is -2.24. The van der Waals surface area contributed by atoms with Crippen molar-refractivity contribution in [2.45, 2.75) is 26.7 Å². The van der Waals surface area contributed by atoms with Gasteiger partial charge in [0, 0.05) is 41.8 Å². The molecule has 1 aliphatic heterocycles. The summed E-state index contributed by atoms with van der Waals surface area (Å²) in [6, 6.07) is 4.96. The van der Waals surface area contributed by atoms with Gasteiger partial charge in [-0.1, -0.05) is 49.9 Å². The summed E-state index contributed by atoms with van der Waals surface area (Å²) in [5, 5.41) is 4.03. The second-order valence-electron chi connectivity index (χ2n) is 7.26. The lowest BCUT2D eigenvalue weighted by atomic mass is 10.0. The lowest BCUT2D eigenvalue weighted by molar-refractivity contribution is 0.0949. The van der Waals surface area contributed by atoms with Crippen LogP contribution in [0, 0.1) is 23.7 Å². The number of benzene rings is 1. The summed E-state index contributed by atoms with van der Waals surface area (Å²) in [6.45, 7) is 8.96. The van der Waals surface area contributed by atoms with Crippen LogP contribution in [0.4, 0.5) is 0 Å². The third-order valence-corrected chi connectivity index (χ3v) is 6.18. The van der Waals surface area contributed by atoms with Crippen molar-refractivity contribution in [3.8, 4) is 0 Å². The van der Waals surface area contributed by atoms with E-state index >= 15 is 0 Å². The van der Waals surface area contributed by atoms with Crippen molar-refractivity contribution in [2.24, 2.45) is 23.7 Å². The summed E-state index contributed by atoms with van der Waals surface area (Å²) >= 11 is 11.9. The maximum absolute atomic E-state index is 12.2. The van der Waals surface area contributed by atoms with Crippen molar-refractivity contribution < 1.29 is 4.79 Å². The highest BCUT2D eigenvalue weighted by atomic mass is 35.5. The molecule has 0 radical (unpaired) electrons. The highest BCUT2D eigenvalue weighted by Gasteiger charge is 2.55. The van der Waals surface area contributed by atoms with Crippen molar-refractivity contribution in [3.05, 3.63) is 33.8 Å². The SMILES string of the molecule is CCC(CC)CN1C[C@@H]2C(CNC(=O)c3cc(Cl)cc(Cl)c3)[C@@H]2C1. The normalized spacial score (nSPS) is 25.8. The summed E-state index contributed by atoms with van der Waals surface area (Å²) < 4.78 is 0. The number of rotatable bonds is 7. The number of fused-ring (bicyclic) bond motifs is 1. The molecular weight excluding hydrogens is 343 g/mol. The minimum Gasteiger partial charge on any atom is -0.352 e. The fourth-order valence-corrected chi connectivity index (χ4v) is 4.62. The van der Waals surface area contributed by atoms with Crippen LogP contribution in [-0.2, 0) is 0 Å². The van der Waals surface area contributed by atoms with E-state index in [2.05, 4.69) is 24.1 Å². The predicted molar refractivity (Wildman–Crippen MR) is 99.8 cm³/mol. The molecule has 0 spiro atoms. The molecule has 132 valence electrons. The van der Waals surface area contributed by atoms with E-state index in [4.69, 9.17) is 23.2 Å². The van der Waals surface area contributed by atoms with E-state index in [1.54, 1.807) is 18.2 Å². The summed E-state index contributed by atoms with van der Waals surface area (Å²) in [5.41, 5.74) is 0.536. The first kappa shape index (κ1) is 18.0. The molecule has 0 aromatic heterocycles. The molecule has 1 aromatic rings. The molecule has 1 unspecified atom stereocenters. The lowest BCUT2D eigenvalue weighted by Crippen LogP contribution is -2.33. The Morgan fingerprint density at radius 3 is 2.29 bits per heavy atom. The van der Waals surface area contributed by atoms with E-state index in [1.165, 1.54) is 32.5 Å². The molecule has 5 heteroatoms. The van der Waals surface area contributed by atoms with Crippen molar-refractivity contribution >= 4 is 29.1 Å². The second-order valence-corrected chi connectivity index (χ2v) is 8.13. The topological polar surface area (TPSA) is 32.3 Å². The second kappa shape index (κ2) is 7.63. The Hall–Kier alpha value is -0.770. The smallest absolute Gasteiger partial charge is 0.251 e. The van der Waals surface area contributed by atoms with Gasteiger partial charge in [0.2, 0.25) is 0 Å². The molecule has 1 heterocycles. The number of amides is 1. The van der Waals surface area contributed by atoms with Crippen LogP contribution in [0.5, 0.6) is 0 Å². The summed E-state index contributed by atoms with van der Waals surface area (Å²) in [4.78, 5) is 14.9.